The number of benzene rings is 2. The molecule has 4 aromatic rings. The van der Waals surface area contributed by atoms with Crippen LogP contribution in [0.3, 0.4) is 0 Å². The zero-order valence-electron chi connectivity index (χ0n) is 19.9. The van der Waals surface area contributed by atoms with Crippen molar-refractivity contribution in [1.82, 2.24) is 30.2 Å². The lowest BCUT2D eigenvalue weighted by Crippen LogP contribution is -2.42. The lowest BCUT2D eigenvalue weighted by molar-refractivity contribution is -0.160. The van der Waals surface area contributed by atoms with Crippen LogP contribution in [0.5, 0.6) is 5.75 Å². The second kappa shape index (κ2) is 8.58. The number of halogens is 3. The zero-order chi connectivity index (χ0) is 25.8. The van der Waals surface area contributed by atoms with E-state index < -0.39 is 17.6 Å². The first-order valence-corrected chi connectivity index (χ1v) is 12.0. The number of hydrogen-bond acceptors (Lipinski definition) is 7. The van der Waals surface area contributed by atoms with Crippen LogP contribution in [-0.4, -0.2) is 64.5 Å². The van der Waals surface area contributed by atoms with Crippen molar-refractivity contribution >= 4 is 28.4 Å². The van der Waals surface area contributed by atoms with E-state index in [1.165, 1.54) is 10.6 Å². The van der Waals surface area contributed by atoms with Gasteiger partial charge < -0.3 is 20.7 Å². The van der Waals surface area contributed by atoms with Crippen molar-refractivity contribution in [3.63, 3.8) is 0 Å². The van der Waals surface area contributed by atoms with Crippen molar-refractivity contribution in [3.8, 4) is 17.1 Å². The van der Waals surface area contributed by atoms with E-state index >= 15 is 0 Å². The first-order valence-electron chi connectivity index (χ1n) is 12.0. The van der Waals surface area contributed by atoms with Crippen LogP contribution < -0.4 is 20.7 Å². The molecule has 2 aromatic carbocycles. The van der Waals surface area contributed by atoms with Crippen molar-refractivity contribution in [2.24, 2.45) is 0 Å². The number of methoxy groups -OCH3 is 1. The Morgan fingerprint density at radius 1 is 1.11 bits per heavy atom. The Kier molecular flexibility index (Phi) is 5.44. The summed E-state index contributed by atoms with van der Waals surface area (Å²) in [6.45, 7) is 1.40. The number of fused-ring (bicyclic) bond motifs is 3. The third-order valence-corrected chi connectivity index (χ3v) is 7.03. The Morgan fingerprint density at radius 2 is 1.89 bits per heavy atom. The van der Waals surface area contributed by atoms with Gasteiger partial charge in [0.15, 0.2) is 11.5 Å². The molecule has 2 fully saturated rings. The maximum Gasteiger partial charge on any atom is 0.398 e. The summed E-state index contributed by atoms with van der Waals surface area (Å²) >= 11 is 0. The fourth-order valence-electron chi connectivity index (χ4n) is 4.81. The second-order valence-electron chi connectivity index (χ2n) is 9.31. The highest BCUT2D eigenvalue weighted by molar-refractivity contribution is 5.96. The number of alkyl halides is 3. The van der Waals surface area contributed by atoms with Crippen LogP contribution in [-0.2, 0) is 10.2 Å². The van der Waals surface area contributed by atoms with Gasteiger partial charge >= 0.3 is 6.18 Å². The minimum Gasteiger partial charge on any atom is -0.497 e. The van der Waals surface area contributed by atoms with Gasteiger partial charge in [-0.2, -0.15) is 17.7 Å². The Morgan fingerprint density at radius 3 is 2.59 bits per heavy atom. The number of nitrogens with zero attached hydrogens (tertiary/aromatic N) is 4. The molecule has 1 amide bonds. The number of carbonyl (C=O) groups is 1. The van der Waals surface area contributed by atoms with Gasteiger partial charge in [0.25, 0.3) is 0 Å². The molecule has 12 heteroatoms. The van der Waals surface area contributed by atoms with Gasteiger partial charge in [-0.25, -0.2) is 9.97 Å². The molecule has 1 atom stereocenters. The first-order chi connectivity index (χ1) is 17.8. The fourth-order valence-corrected chi connectivity index (χ4v) is 4.81. The van der Waals surface area contributed by atoms with Crippen molar-refractivity contribution in [1.29, 1.82) is 0 Å². The Bertz CT molecular complexity index is 1500. The number of para-hydroxylation sites is 1. The monoisotopic (exact) mass is 511 g/mol. The lowest BCUT2D eigenvalue weighted by Gasteiger charge is -2.22. The van der Waals surface area contributed by atoms with Gasteiger partial charge in [-0.3, -0.25) is 4.79 Å². The SMILES string of the molecule is COc1ccc(-c2nc3c4cccc(C5(C(F)(F)F)CC5)c4nc(N[C@@H]4CNCCNC4=O)n3n2)cc1. The standard InChI is InChI=1S/C25H24F3N7O2/c1-37-15-7-5-14(6-8-15)20-33-21-16-3-2-4-17(24(9-10-24)25(26,27)28)19(16)32-23(35(21)34-20)31-18-13-29-11-12-30-22(18)36/h2-8,18,29H,9-13H2,1H3,(H,30,36)(H,31,32)/t18-/m1/s1. The molecule has 0 bridgehead atoms. The number of ether oxygens (including phenoxy) is 1. The predicted molar refractivity (Wildman–Crippen MR) is 131 cm³/mol. The summed E-state index contributed by atoms with van der Waals surface area (Å²) in [7, 11) is 1.57. The molecule has 1 saturated heterocycles. The minimum absolute atomic E-state index is 0.00394. The summed E-state index contributed by atoms with van der Waals surface area (Å²) in [5.41, 5.74) is -0.582. The number of aromatic nitrogens is 4. The average molecular weight is 512 g/mol. The third-order valence-electron chi connectivity index (χ3n) is 7.03. The van der Waals surface area contributed by atoms with Crippen molar-refractivity contribution < 1.29 is 22.7 Å². The summed E-state index contributed by atoms with van der Waals surface area (Å²) in [6, 6.07) is 11.2. The topological polar surface area (TPSA) is 105 Å². The minimum atomic E-state index is -4.41. The number of carbonyl (C=O) groups excluding carboxylic acids is 1. The summed E-state index contributed by atoms with van der Waals surface area (Å²) in [5, 5.41) is 14.1. The van der Waals surface area contributed by atoms with Crippen LogP contribution in [0.15, 0.2) is 42.5 Å². The van der Waals surface area contributed by atoms with Gasteiger partial charge in [0.2, 0.25) is 11.9 Å². The molecule has 2 aliphatic rings. The highest BCUT2D eigenvalue weighted by atomic mass is 19.4. The second-order valence-corrected chi connectivity index (χ2v) is 9.31. The van der Waals surface area contributed by atoms with E-state index in [2.05, 4.69) is 26.0 Å². The molecule has 0 radical (unpaired) electrons. The molecule has 0 unspecified atom stereocenters. The summed E-state index contributed by atoms with van der Waals surface area (Å²) in [6.07, 6.45) is -4.40. The van der Waals surface area contributed by atoms with Crippen LogP contribution in [0.4, 0.5) is 19.1 Å². The zero-order valence-corrected chi connectivity index (χ0v) is 19.9. The molecular formula is C25H24F3N7O2. The first kappa shape index (κ1) is 23.5. The van der Waals surface area contributed by atoms with Crippen molar-refractivity contribution in [3.05, 3.63) is 48.0 Å². The van der Waals surface area contributed by atoms with Gasteiger partial charge in [0, 0.05) is 30.6 Å². The molecule has 1 aliphatic carbocycles. The highest BCUT2D eigenvalue weighted by Gasteiger charge is 2.64. The van der Waals surface area contributed by atoms with Gasteiger partial charge in [0.05, 0.1) is 18.0 Å². The molecule has 1 aliphatic heterocycles. The summed E-state index contributed by atoms with van der Waals surface area (Å²) in [4.78, 5) is 22.0. The van der Waals surface area contributed by atoms with Crippen LogP contribution >= 0.6 is 0 Å². The molecule has 1 saturated carbocycles. The molecular weight excluding hydrogens is 487 g/mol. The molecule has 3 N–H and O–H groups in total. The van der Waals surface area contributed by atoms with Crippen LogP contribution in [0.25, 0.3) is 27.9 Å². The number of anilines is 1. The van der Waals surface area contributed by atoms with Crippen LogP contribution in [0.1, 0.15) is 18.4 Å². The van der Waals surface area contributed by atoms with Gasteiger partial charge in [-0.15, -0.1) is 5.10 Å². The number of rotatable bonds is 5. The maximum atomic E-state index is 14.1. The number of hydrogen-bond donors (Lipinski definition) is 3. The average Bonchev–Trinajstić information content (AvgIpc) is 3.63. The smallest absolute Gasteiger partial charge is 0.398 e. The summed E-state index contributed by atoms with van der Waals surface area (Å²) < 4.78 is 49.1. The van der Waals surface area contributed by atoms with Gasteiger partial charge in [0.1, 0.15) is 11.8 Å². The van der Waals surface area contributed by atoms with E-state index in [9.17, 15) is 18.0 Å². The molecule has 6 rings (SSSR count). The van der Waals surface area contributed by atoms with E-state index in [-0.39, 0.29) is 35.8 Å². The largest absolute Gasteiger partial charge is 0.497 e. The van der Waals surface area contributed by atoms with E-state index in [0.29, 0.717) is 47.8 Å². The molecule has 9 nitrogen and oxygen atoms in total. The van der Waals surface area contributed by atoms with Crippen LogP contribution in [0.2, 0.25) is 0 Å². The Hall–Kier alpha value is -3.93. The Labute approximate surface area is 209 Å². The van der Waals surface area contributed by atoms with Crippen molar-refractivity contribution in [2.75, 3.05) is 32.1 Å². The molecule has 0 spiro atoms. The fraction of sp³-hybridized carbons (Fsp3) is 0.360. The number of amides is 1. The summed E-state index contributed by atoms with van der Waals surface area (Å²) in [5.74, 6) is 0.938. The normalized spacial score (nSPS) is 19.5. The number of nitrogens with one attached hydrogen (secondary N) is 3. The molecule has 2 aromatic heterocycles. The quantitative estimate of drug-likeness (QED) is 0.378. The Balaban J connectivity index is 1.56. The molecule has 192 valence electrons. The van der Waals surface area contributed by atoms with E-state index in [1.807, 2.05) is 0 Å². The molecule has 37 heavy (non-hydrogen) atoms. The van der Waals surface area contributed by atoms with Gasteiger partial charge in [-0.1, -0.05) is 12.1 Å². The van der Waals surface area contributed by atoms with Crippen LogP contribution in [0, 0.1) is 0 Å². The van der Waals surface area contributed by atoms with Gasteiger partial charge in [-0.05, 0) is 48.7 Å². The highest BCUT2D eigenvalue weighted by Crippen LogP contribution is 2.60. The van der Waals surface area contributed by atoms with E-state index in [4.69, 9.17) is 9.72 Å². The van der Waals surface area contributed by atoms with E-state index in [1.54, 1.807) is 43.5 Å². The molecule has 3 heterocycles. The maximum absolute atomic E-state index is 14.1. The van der Waals surface area contributed by atoms with Crippen molar-refractivity contribution in [2.45, 2.75) is 30.5 Å². The third kappa shape index (κ3) is 3.91. The lowest BCUT2D eigenvalue weighted by atomic mass is 9.93. The predicted octanol–water partition coefficient (Wildman–Crippen LogP) is 3.05. The van der Waals surface area contributed by atoms with E-state index in [0.717, 1.165) is 0 Å².